The van der Waals surface area contributed by atoms with Gasteiger partial charge in [-0.25, -0.2) is 0 Å². The van der Waals surface area contributed by atoms with Crippen molar-refractivity contribution in [2.75, 3.05) is 0 Å². The minimum absolute atomic E-state index is 0. The summed E-state index contributed by atoms with van der Waals surface area (Å²) < 4.78 is 0. The van der Waals surface area contributed by atoms with Crippen molar-refractivity contribution in [2.45, 2.75) is 0 Å². The van der Waals surface area contributed by atoms with Crippen LogP contribution in [0.15, 0.2) is 0 Å². The van der Waals surface area contributed by atoms with Crippen LogP contribution in [0, 0.1) is 59.2 Å². The molecule has 0 atom stereocenters. The zero-order valence-electron chi connectivity index (χ0n) is 5.14. The van der Waals surface area contributed by atoms with Gasteiger partial charge in [-0.05, 0) is 0 Å². The maximum atomic E-state index is 6.25. The molecule has 0 saturated heterocycles. The van der Waals surface area contributed by atoms with E-state index in [2.05, 4.69) is 0 Å². The van der Waals surface area contributed by atoms with E-state index in [0.717, 1.165) is 0 Å². The first-order chi connectivity index (χ1) is 5.00. The maximum absolute atomic E-state index is 6.25. The molecule has 0 aromatic carbocycles. The standard InChI is InChI=1S/5CN.Mo/c5*1-2;/q5*-1;. The van der Waals surface area contributed by atoms with Crippen molar-refractivity contribution in [1.29, 1.82) is 26.3 Å². The van der Waals surface area contributed by atoms with Crippen LogP contribution in [0.1, 0.15) is 0 Å². The molecule has 0 amide bonds. The number of nitrogens with zero attached hydrogens (tertiary/aromatic N) is 5. The van der Waals surface area contributed by atoms with Gasteiger partial charge < -0.3 is 59.2 Å². The molecule has 0 aliphatic heterocycles. The summed E-state index contributed by atoms with van der Waals surface area (Å²) in [6.45, 7) is 23.8. The third kappa shape index (κ3) is 88.5. The Kier molecular flexibility index (Phi) is 668. The van der Waals surface area contributed by atoms with E-state index in [-0.39, 0.29) is 21.1 Å². The zero-order chi connectivity index (χ0) is 10.0. The van der Waals surface area contributed by atoms with Crippen LogP contribution in [0.3, 0.4) is 0 Å². The normalized spacial score (nSPS) is 0.909. The van der Waals surface area contributed by atoms with Gasteiger partial charge in [-0.15, -0.1) is 0 Å². The van der Waals surface area contributed by atoms with E-state index < -0.39 is 0 Å². The Hall–Kier alpha value is -1.86. The summed E-state index contributed by atoms with van der Waals surface area (Å²) in [6, 6.07) is 0. The molecule has 0 radical (unpaired) electrons. The van der Waals surface area contributed by atoms with E-state index in [1.165, 1.54) is 0 Å². The summed E-state index contributed by atoms with van der Waals surface area (Å²) in [7, 11) is 0. The third-order valence-corrected chi connectivity index (χ3v) is 0. The van der Waals surface area contributed by atoms with Crippen molar-refractivity contribution in [3.8, 4) is 0 Å². The van der Waals surface area contributed by atoms with Crippen LogP contribution in [-0.2, 0) is 21.1 Å². The Morgan fingerprint density at radius 1 is 0.364 bits per heavy atom. The predicted octanol–water partition coefficient (Wildman–Crippen LogP) is 0.479. The van der Waals surface area contributed by atoms with Crippen LogP contribution < -0.4 is 0 Å². The van der Waals surface area contributed by atoms with Gasteiger partial charge in [0.2, 0.25) is 0 Å². The summed E-state index contributed by atoms with van der Waals surface area (Å²) in [5, 5.41) is 31.2. The Bertz CT molecular complexity index is 73.4. The average molecular weight is 226 g/mol. The van der Waals surface area contributed by atoms with Crippen molar-refractivity contribution in [3.05, 3.63) is 32.9 Å². The van der Waals surface area contributed by atoms with Crippen LogP contribution in [-0.4, -0.2) is 0 Å². The Labute approximate surface area is 80.6 Å². The van der Waals surface area contributed by atoms with E-state index >= 15 is 0 Å². The Morgan fingerprint density at radius 2 is 0.364 bits per heavy atom. The van der Waals surface area contributed by atoms with Crippen molar-refractivity contribution >= 4 is 0 Å². The van der Waals surface area contributed by atoms with Gasteiger partial charge in [-0.1, -0.05) is 0 Å². The predicted molar refractivity (Wildman–Crippen MR) is 24.8 cm³/mol. The van der Waals surface area contributed by atoms with Crippen LogP contribution in [0.4, 0.5) is 0 Å². The first-order valence-corrected chi connectivity index (χ1v) is 1.12. The van der Waals surface area contributed by atoms with Crippen molar-refractivity contribution < 1.29 is 21.1 Å². The first-order valence-electron chi connectivity index (χ1n) is 1.12. The SMILES string of the molecule is [C-]#N.[C-]#N.[C-]#N.[C-]#N.[C-]#N.[Mo]. The molecule has 0 N–H and O–H groups in total. The Balaban J connectivity index is -0.00000000694. The summed E-state index contributed by atoms with van der Waals surface area (Å²) in [6.07, 6.45) is 0. The third-order valence-electron chi connectivity index (χ3n) is 0. The van der Waals surface area contributed by atoms with E-state index in [4.69, 9.17) is 59.2 Å². The summed E-state index contributed by atoms with van der Waals surface area (Å²) in [5.74, 6) is 0. The molecule has 5 nitrogen and oxygen atoms in total. The van der Waals surface area contributed by atoms with E-state index in [1.807, 2.05) is 0 Å². The fraction of sp³-hybridized carbons (Fsp3) is 0. The van der Waals surface area contributed by atoms with E-state index in [1.54, 1.807) is 0 Å². The van der Waals surface area contributed by atoms with Gasteiger partial charge >= 0.3 is 0 Å². The van der Waals surface area contributed by atoms with Gasteiger partial charge in [0.1, 0.15) is 0 Å². The molecule has 6 heteroatoms. The molecule has 0 aromatic heterocycles. The molecular weight excluding hydrogens is 226 g/mol. The second-order valence-corrected chi connectivity index (χ2v) is 0. The van der Waals surface area contributed by atoms with Crippen molar-refractivity contribution in [1.82, 2.24) is 0 Å². The van der Waals surface area contributed by atoms with Crippen LogP contribution >= 0.6 is 0 Å². The topological polar surface area (TPSA) is 119 Å². The smallest absolute Gasteiger partial charge is 0 e. The molecule has 0 unspecified atom stereocenters. The largest absolute Gasteiger partial charge is 0.512 e. The summed E-state index contributed by atoms with van der Waals surface area (Å²) in [5.41, 5.74) is 0. The van der Waals surface area contributed by atoms with Crippen LogP contribution in [0.5, 0.6) is 0 Å². The molecule has 0 bridgehead atoms. The zero-order valence-corrected chi connectivity index (χ0v) is 7.15. The molecular formula is C5MoN5-5. The number of rotatable bonds is 0. The quantitative estimate of drug-likeness (QED) is 0.439. The average Bonchev–Trinajstić information content (AvgIpc) is 2.20. The summed E-state index contributed by atoms with van der Waals surface area (Å²) in [4.78, 5) is 0. The number of hydrogen-bond acceptors (Lipinski definition) is 5. The number of hydrogen-bond donors (Lipinski definition) is 0. The molecule has 0 rings (SSSR count). The minimum atomic E-state index is 0. The molecule has 11 heavy (non-hydrogen) atoms. The molecule has 56 valence electrons. The molecule has 0 heterocycles. The van der Waals surface area contributed by atoms with Crippen molar-refractivity contribution in [3.63, 3.8) is 0 Å². The second-order valence-electron chi connectivity index (χ2n) is 0. The van der Waals surface area contributed by atoms with Gasteiger partial charge in [0, 0.05) is 21.1 Å². The van der Waals surface area contributed by atoms with Crippen LogP contribution in [0.25, 0.3) is 0 Å². The molecule has 0 spiro atoms. The molecule has 0 aliphatic rings. The van der Waals surface area contributed by atoms with Gasteiger partial charge in [0.15, 0.2) is 0 Å². The fourth-order valence-electron chi connectivity index (χ4n) is 0. The maximum Gasteiger partial charge on any atom is 0 e. The van der Waals surface area contributed by atoms with E-state index in [0.29, 0.717) is 0 Å². The molecule has 0 aromatic rings. The van der Waals surface area contributed by atoms with Gasteiger partial charge in [-0.3, -0.25) is 0 Å². The van der Waals surface area contributed by atoms with Crippen LogP contribution in [0.2, 0.25) is 0 Å². The van der Waals surface area contributed by atoms with Crippen molar-refractivity contribution in [2.24, 2.45) is 0 Å². The second kappa shape index (κ2) is 120. The molecule has 0 aliphatic carbocycles. The van der Waals surface area contributed by atoms with Gasteiger partial charge in [0.25, 0.3) is 0 Å². The van der Waals surface area contributed by atoms with E-state index in [9.17, 15) is 0 Å². The fourth-order valence-corrected chi connectivity index (χ4v) is 0. The van der Waals surface area contributed by atoms with Gasteiger partial charge in [-0.2, -0.15) is 0 Å². The minimum Gasteiger partial charge on any atom is -0.512 e. The Morgan fingerprint density at radius 3 is 0.364 bits per heavy atom. The first kappa shape index (κ1) is 61.5. The molecule has 0 saturated carbocycles. The summed E-state index contributed by atoms with van der Waals surface area (Å²) >= 11 is 0. The molecule has 0 fully saturated rings. The van der Waals surface area contributed by atoms with Gasteiger partial charge in [0.05, 0.1) is 0 Å². The monoisotopic (exact) mass is 228 g/mol.